The van der Waals surface area contributed by atoms with Crippen molar-refractivity contribution in [2.24, 2.45) is 0 Å². The van der Waals surface area contributed by atoms with Gasteiger partial charge in [0.25, 0.3) is 0 Å². The standard InChI is InChI=1S/C15H21NO3/c1-19-14-7-5-12(6-8-14)3-2-4-15(18)16-10-9-13(17)11-16/h5-8,13,17H,2-4,9-11H2,1H3/t13-/m1/s1. The van der Waals surface area contributed by atoms with Crippen molar-refractivity contribution in [1.29, 1.82) is 0 Å². The number of carbonyl (C=O) groups is 1. The van der Waals surface area contributed by atoms with E-state index in [4.69, 9.17) is 4.74 Å². The highest BCUT2D eigenvalue weighted by Gasteiger charge is 2.23. The summed E-state index contributed by atoms with van der Waals surface area (Å²) in [6.45, 7) is 1.20. The van der Waals surface area contributed by atoms with Gasteiger partial charge in [-0.25, -0.2) is 0 Å². The lowest BCUT2D eigenvalue weighted by Crippen LogP contribution is -2.29. The van der Waals surface area contributed by atoms with Crippen LogP contribution in [0.1, 0.15) is 24.8 Å². The Balaban J connectivity index is 1.72. The van der Waals surface area contributed by atoms with Gasteiger partial charge in [0.05, 0.1) is 13.2 Å². The number of benzene rings is 1. The van der Waals surface area contributed by atoms with Crippen molar-refractivity contribution in [2.45, 2.75) is 31.8 Å². The van der Waals surface area contributed by atoms with Crippen LogP contribution in [0, 0.1) is 0 Å². The van der Waals surface area contributed by atoms with E-state index in [1.54, 1.807) is 12.0 Å². The fraction of sp³-hybridized carbons (Fsp3) is 0.533. The molecule has 0 aromatic heterocycles. The summed E-state index contributed by atoms with van der Waals surface area (Å²) in [5.41, 5.74) is 1.22. The van der Waals surface area contributed by atoms with Crippen LogP contribution in [0.4, 0.5) is 0 Å². The summed E-state index contributed by atoms with van der Waals surface area (Å²) >= 11 is 0. The molecule has 0 spiro atoms. The molecule has 0 unspecified atom stereocenters. The van der Waals surface area contributed by atoms with Crippen LogP contribution in [0.15, 0.2) is 24.3 Å². The van der Waals surface area contributed by atoms with E-state index in [9.17, 15) is 9.90 Å². The van der Waals surface area contributed by atoms with Crippen LogP contribution in [0.25, 0.3) is 0 Å². The number of aliphatic hydroxyl groups is 1. The molecule has 2 rings (SSSR count). The topological polar surface area (TPSA) is 49.8 Å². The average Bonchev–Trinajstić information content (AvgIpc) is 2.86. The van der Waals surface area contributed by atoms with Crippen LogP contribution in [0.5, 0.6) is 5.75 Å². The van der Waals surface area contributed by atoms with Gasteiger partial charge in [0.15, 0.2) is 0 Å². The summed E-state index contributed by atoms with van der Waals surface area (Å²) in [6, 6.07) is 7.94. The Morgan fingerprint density at radius 1 is 1.42 bits per heavy atom. The van der Waals surface area contributed by atoms with E-state index < -0.39 is 0 Å². The van der Waals surface area contributed by atoms with Gasteiger partial charge in [-0.15, -0.1) is 0 Å². The zero-order valence-corrected chi connectivity index (χ0v) is 11.3. The molecule has 1 heterocycles. The average molecular weight is 263 g/mol. The van der Waals surface area contributed by atoms with Gasteiger partial charge in [-0.05, 0) is 37.0 Å². The van der Waals surface area contributed by atoms with Gasteiger partial charge >= 0.3 is 0 Å². The maximum Gasteiger partial charge on any atom is 0.222 e. The molecule has 1 aromatic carbocycles. The molecule has 4 heteroatoms. The lowest BCUT2D eigenvalue weighted by atomic mass is 10.1. The highest BCUT2D eigenvalue weighted by Crippen LogP contribution is 2.15. The first-order valence-electron chi connectivity index (χ1n) is 6.78. The van der Waals surface area contributed by atoms with E-state index in [-0.39, 0.29) is 12.0 Å². The molecule has 1 aliphatic heterocycles. The molecule has 0 aliphatic carbocycles. The molecule has 1 aromatic rings. The van der Waals surface area contributed by atoms with Crippen LogP contribution < -0.4 is 4.74 Å². The Morgan fingerprint density at radius 3 is 2.74 bits per heavy atom. The summed E-state index contributed by atoms with van der Waals surface area (Å²) in [5.74, 6) is 1.01. The smallest absolute Gasteiger partial charge is 0.222 e. The van der Waals surface area contributed by atoms with Gasteiger partial charge in [0.1, 0.15) is 5.75 Å². The van der Waals surface area contributed by atoms with E-state index in [2.05, 4.69) is 0 Å². The molecule has 1 saturated heterocycles. The Bertz CT molecular complexity index is 416. The number of rotatable bonds is 5. The number of aryl methyl sites for hydroxylation is 1. The van der Waals surface area contributed by atoms with E-state index in [0.717, 1.165) is 18.6 Å². The SMILES string of the molecule is COc1ccc(CCCC(=O)N2CC[C@@H](O)C2)cc1. The normalized spacial score (nSPS) is 18.6. The van der Waals surface area contributed by atoms with E-state index >= 15 is 0 Å². The number of carbonyl (C=O) groups excluding carboxylic acids is 1. The van der Waals surface area contributed by atoms with Crippen LogP contribution in [0.3, 0.4) is 0 Å². The van der Waals surface area contributed by atoms with E-state index in [0.29, 0.717) is 25.9 Å². The second-order valence-corrected chi connectivity index (χ2v) is 4.98. The summed E-state index contributed by atoms with van der Waals surface area (Å²) in [5, 5.41) is 9.40. The number of β-amino-alcohol motifs (C(OH)–C–C–N with tert-alkyl or cyclic N) is 1. The van der Waals surface area contributed by atoms with Crippen LogP contribution in [-0.2, 0) is 11.2 Å². The van der Waals surface area contributed by atoms with Crippen LogP contribution >= 0.6 is 0 Å². The molecule has 1 N–H and O–H groups in total. The third-order valence-corrected chi connectivity index (χ3v) is 3.53. The number of hydrogen-bond acceptors (Lipinski definition) is 3. The third kappa shape index (κ3) is 3.96. The number of likely N-dealkylation sites (tertiary alicyclic amines) is 1. The maximum atomic E-state index is 11.9. The van der Waals surface area contributed by atoms with Crippen molar-refractivity contribution in [3.8, 4) is 5.75 Å². The third-order valence-electron chi connectivity index (χ3n) is 3.53. The molecule has 4 nitrogen and oxygen atoms in total. The quantitative estimate of drug-likeness (QED) is 0.878. The zero-order valence-electron chi connectivity index (χ0n) is 11.3. The predicted octanol–water partition coefficient (Wildman–Crippen LogP) is 1.61. The maximum absolute atomic E-state index is 11.9. The van der Waals surface area contributed by atoms with Crippen molar-refractivity contribution >= 4 is 5.91 Å². The Kier molecular flexibility index (Phi) is 4.80. The molecule has 0 saturated carbocycles. The van der Waals surface area contributed by atoms with Gasteiger partial charge in [-0.1, -0.05) is 12.1 Å². The highest BCUT2D eigenvalue weighted by molar-refractivity contribution is 5.76. The Labute approximate surface area is 114 Å². The van der Waals surface area contributed by atoms with E-state index in [1.165, 1.54) is 5.56 Å². The molecule has 1 amide bonds. The highest BCUT2D eigenvalue weighted by atomic mass is 16.5. The summed E-state index contributed by atoms with van der Waals surface area (Å²) in [4.78, 5) is 13.6. The van der Waals surface area contributed by atoms with Crippen molar-refractivity contribution < 1.29 is 14.6 Å². The summed E-state index contributed by atoms with van der Waals surface area (Å²) in [6.07, 6.45) is 2.68. The van der Waals surface area contributed by atoms with E-state index in [1.807, 2.05) is 24.3 Å². The molecule has 0 radical (unpaired) electrons. The monoisotopic (exact) mass is 263 g/mol. The minimum absolute atomic E-state index is 0.157. The zero-order chi connectivity index (χ0) is 13.7. The van der Waals surface area contributed by atoms with Crippen LogP contribution in [-0.4, -0.2) is 42.2 Å². The van der Waals surface area contributed by atoms with Gasteiger partial charge in [-0.2, -0.15) is 0 Å². The Morgan fingerprint density at radius 2 is 2.16 bits per heavy atom. The van der Waals surface area contributed by atoms with Crippen LogP contribution in [0.2, 0.25) is 0 Å². The number of methoxy groups -OCH3 is 1. The number of hydrogen-bond donors (Lipinski definition) is 1. The van der Waals surface area contributed by atoms with Crippen molar-refractivity contribution in [2.75, 3.05) is 20.2 Å². The first-order chi connectivity index (χ1) is 9.19. The minimum Gasteiger partial charge on any atom is -0.497 e. The molecule has 1 atom stereocenters. The van der Waals surface area contributed by atoms with Gasteiger partial charge in [0.2, 0.25) is 5.91 Å². The predicted molar refractivity (Wildman–Crippen MR) is 73.1 cm³/mol. The molecule has 1 aliphatic rings. The molecule has 104 valence electrons. The lowest BCUT2D eigenvalue weighted by Gasteiger charge is -2.15. The van der Waals surface area contributed by atoms with Gasteiger partial charge in [0, 0.05) is 19.5 Å². The molecular weight excluding hydrogens is 242 g/mol. The fourth-order valence-corrected chi connectivity index (χ4v) is 2.36. The molecule has 19 heavy (non-hydrogen) atoms. The van der Waals surface area contributed by atoms with Gasteiger partial charge in [-0.3, -0.25) is 4.79 Å². The molecule has 1 fully saturated rings. The largest absolute Gasteiger partial charge is 0.497 e. The number of ether oxygens (including phenoxy) is 1. The van der Waals surface area contributed by atoms with Crippen molar-refractivity contribution in [3.05, 3.63) is 29.8 Å². The number of nitrogens with zero attached hydrogens (tertiary/aromatic N) is 1. The van der Waals surface area contributed by atoms with Gasteiger partial charge < -0.3 is 14.7 Å². The summed E-state index contributed by atoms with van der Waals surface area (Å²) < 4.78 is 5.10. The fourth-order valence-electron chi connectivity index (χ4n) is 2.36. The molecule has 0 bridgehead atoms. The summed E-state index contributed by atoms with van der Waals surface area (Å²) in [7, 11) is 1.65. The van der Waals surface area contributed by atoms with Crippen molar-refractivity contribution in [1.82, 2.24) is 4.90 Å². The minimum atomic E-state index is -0.328. The first-order valence-corrected chi connectivity index (χ1v) is 6.78. The second-order valence-electron chi connectivity index (χ2n) is 4.98. The van der Waals surface area contributed by atoms with Crippen molar-refractivity contribution in [3.63, 3.8) is 0 Å². The number of aliphatic hydroxyl groups excluding tert-OH is 1. The Hall–Kier alpha value is -1.55. The first kappa shape index (κ1) is 13.9. The lowest BCUT2D eigenvalue weighted by molar-refractivity contribution is -0.130. The number of amides is 1. The molecular formula is C15H21NO3. The second kappa shape index (κ2) is 6.57.